The molecule has 120 valence electrons. The third-order valence-corrected chi connectivity index (χ3v) is 2.41. The minimum atomic E-state index is -0.227. The van der Waals surface area contributed by atoms with E-state index in [0.717, 1.165) is 11.5 Å². The van der Waals surface area contributed by atoms with Crippen LogP contribution >= 0.6 is 24.0 Å². The summed E-state index contributed by atoms with van der Waals surface area (Å²) in [4.78, 5) is 12.9. The molecule has 0 aliphatic heterocycles. The van der Waals surface area contributed by atoms with E-state index in [-0.39, 0.29) is 29.6 Å². The molecule has 0 bridgehead atoms. The van der Waals surface area contributed by atoms with Crippen molar-refractivity contribution < 1.29 is 4.74 Å². The Morgan fingerprint density at radius 3 is 2.10 bits per heavy atom. The molecule has 1 aromatic rings. The number of halogens is 1. The first-order chi connectivity index (χ1) is 9.19. The minimum absolute atomic E-state index is 0. The molecule has 0 spiro atoms. The maximum atomic E-state index is 5.70. The van der Waals surface area contributed by atoms with Crippen LogP contribution in [0.15, 0.2) is 23.3 Å². The summed E-state index contributed by atoms with van der Waals surface area (Å²) in [7, 11) is 7.93. The van der Waals surface area contributed by atoms with Gasteiger partial charge in [-0.2, -0.15) is 0 Å². The lowest BCUT2D eigenvalue weighted by Gasteiger charge is -2.22. The van der Waals surface area contributed by atoms with Gasteiger partial charge in [0.25, 0.3) is 0 Å². The Hall–Kier alpha value is -1.05. The van der Waals surface area contributed by atoms with E-state index in [9.17, 15) is 0 Å². The van der Waals surface area contributed by atoms with Crippen LogP contribution in [0, 0.1) is 0 Å². The minimum Gasteiger partial charge on any atom is -0.472 e. The number of rotatable bonds is 3. The van der Waals surface area contributed by atoms with E-state index in [4.69, 9.17) is 4.74 Å². The Kier molecular flexibility index (Phi) is 7.99. The fourth-order valence-corrected chi connectivity index (χ4v) is 1.72. The molecule has 5 nitrogen and oxygen atoms in total. The quantitative estimate of drug-likeness (QED) is 0.440. The Bertz CT molecular complexity index is 440. The van der Waals surface area contributed by atoms with E-state index in [0.29, 0.717) is 12.4 Å². The molecule has 1 aromatic heterocycles. The lowest BCUT2D eigenvalue weighted by Crippen LogP contribution is -2.35. The topological polar surface area (TPSA) is 41.0 Å². The van der Waals surface area contributed by atoms with Gasteiger partial charge in [-0.15, -0.1) is 24.0 Å². The SMILES string of the molecule is CN(C)C(=NCc1ccc(OC(C)(C)C)nc1)N(C)C.I. The van der Waals surface area contributed by atoms with Crippen molar-refractivity contribution in [1.82, 2.24) is 14.8 Å². The molecule has 0 atom stereocenters. The van der Waals surface area contributed by atoms with Gasteiger partial charge in [0, 0.05) is 40.5 Å². The van der Waals surface area contributed by atoms with E-state index < -0.39 is 0 Å². The van der Waals surface area contributed by atoms with Crippen LogP contribution in [0.3, 0.4) is 0 Å². The van der Waals surface area contributed by atoms with Crippen LogP contribution in [0.5, 0.6) is 5.88 Å². The number of pyridine rings is 1. The lowest BCUT2D eigenvalue weighted by molar-refractivity contribution is 0.124. The molecule has 0 amide bonds. The number of guanidine groups is 1. The lowest BCUT2D eigenvalue weighted by atomic mass is 10.2. The van der Waals surface area contributed by atoms with Gasteiger partial charge in [0.05, 0.1) is 6.54 Å². The monoisotopic (exact) mass is 406 g/mol. The number of aliphatic imine (C=N–C) groups is 1. The maximum absolute atomic E-state index is 5.70. The summed E-state index contributed by atoms with van der Waals surface area (Å²) >= 11 is 0. The molecule has 0 aliphatic rings. The van der Waals surface area contributed by atoms with Crippen molar-refractivity contribution in [3.8, 4) is 5.88 Å². The van der Waals surface area contributed by atoms with Gasteiger partial charge >= 0.3 is 0 Å². The first-order valence-corrected chi connectivity index (χ1v) is 6.72. The van der Waals surface area contributed by atoms with E-state index >= 15 is 0 Å². The van der Waals surface area contributed by atoms with E-state index in [1.807, 2.05) is 77.1 Å². The summed E-state index contributed by atoms with van der Waals surface area (Å²) in [5.41, 5.74) is 0.836. The molecule has 0 aromatic carbocycles. The zero-order chi connectivity index (χ0) is 15.3. The normalized spacial score (nSPS) is 10.4. The molecule has 0 aliphatic carbocycles. The van der Waals surface area contributed by atoms with Gasteiger partial charge in [0.15, 0.2) is 5.96 Å². The Balaban J connectivity index is 0.00000400. The number of nitrogens with zero attached hydrogens (tertiary/aromatic N) is 4. The zero-order valence-corrected chi connectivity index (χ0v) is 16.4. The standard InChI is InChI=1S/C15H26N4O.HI/c1-15(2,3)20-13-9-8-12(10-16-13)11-17-14(18(4)5)19(6)7;/h8-10H,11H2,1-7H3;1H. The van der Waals surface area contributed by atoms with E-state index in [1.165, 1.54) is 0 Å². The molecular weight excluding hydrogens is 379 g/mol. The average molecular weight is 406 g/mol. The third kappa shape index (κ3) is 7.50. The molecule has 6 heteroatoms. The number of aromatic nitrogens is 1. The first kappa shape index (κ1) is 19.9. The summed E-state index contributed by atoms with van der Waals surface area (Å²) in [5, 5.41) is 0. The molecule has 1 rings (SSSR count). The summed E-state index contributed by atoms with van der Waals surface area (Å²) in [6.45, 7) is 6.63. The smallest absolute Gasteiger partial charge is 0.213 e. The zero-order valence-electron chi connectivity index (χ0n) is 14.0. The van der Waals surface area contributed by atoms with Crippen LogP contribution in [0.25, 0.3) is 0 Å². The fraction of sp³-hybridized carbons (Fsp3) is 0.600. The van der Waals surface area contributed by atoms with E-state index in [2.05, 4.69) is 9.98 Å². The number of ether oxygens (including phenoxy) is 1. The molecule has 1 heterocycles. The van der Waals surface area contributed by atoms with Crippen LogP contribution < -0.4 is 4.74 Å². The second kappa shape index (κ2) is 8.41. The van der Waals surface area contributed by atoms with Gasteiger partial charge in [-0.3, -0.25) is 0 Å². The van der Waals surface area contributed by atoms with Crippen molar-refractivity contribution in [3.05, 3.63) is 23.9 Å². The van der Waals surface area contributed by atoms with Gasteiger partial charge in [0.1, 0.15) is 5.60 Å². The summed E-state index contributed by atoms with van der Waals surface area (Å²) in [6, 6.07) is 3.89. The largest absolute Gasteiger partial charge is 0.472 e. The molecule has 0 unspecified atom stereocenters. The average Bonchev–Trinajstić information content (AvgIpc) is 2.28. The van der Waals surface area contributed by atoms with Gasteiger partial charge in [0.2, 0.25) is 5.88 Å². The maximum Gasteiger partial charge on any atom is 0.213 e. The molecule has 0 fully saturated rings. The van der Waals surface area contributed by atoms with Gasteiger partial charge in [-0.05, 0) is 26.3 Å². The van der Waals surface area contributed by atoms with Crippen LogP contribution in [-0.4, -0.2) is 54.5 Å². The second-order valence-electron chi connectivity index (χ2n) is 6.12. The van der Waals surface area contributed by atoms with Crippen LogP contribution in [-0.2, 0) is 6.54 Å². The van der Waals surface area contributed by atoms with Crippen LogP contribution in [0.2, 0.25) is 0 Å². The van der Waals surface area contributed by atoms with E-state index in [1.54, 1.807) is 0 Å². The van der Waals surface area contributed by atoms with Crippen LogP contribution in [0.1, 0.15) is 26.3 Å². The summed E-state index contributed by atoms with van der Waals surface area (Å²) < 4.78 is 5.70. The first-order valence-electron chi connectivity index (χ1n) is 6.72. The van der Waals surface area contributed by atoms with Crippen molar-refractivity contribution in [3.63, 3.8) is 0 Å². The molecule has 0 N–H and O–H groups in total. The van der Waals surface area contributed by atoms with Crippen LogP contribution in [0.4, 0.5) is 0 Å². The molecular formula is C15H27IN4O. The molecule has 0 saturated carbocycles. The van der Waals surface area contributed by atoms with Crippen molar-refractivity contribution in [2.24, 2.45) is 4.99 Å². The van der Waals surface area contributed by atoms with Crippen molar-refractivity contribution in [2.45, 2.75) is 32.9 Å². The highest BCUT2D eigenvalue weighted by atomic mass is 127. The molecule has 21 heavy (non-hydrogen) atoms. The van der Waals surface area contributed by atoms with Gasteiger partial charge in [-0.25, -0.2) is 9.98 Å². The van der Waals surface area contributed by atoms with Crippen molar-refractivity contribution in [1.29, 1.82) is 0 Å². The highest BCUT2D eigenvalue weighted by Crippen LogP contribution is 2.15. The fourth-order valence-electron chi connectivity index (χ4n) is 1.72. The Morgan fingerprint density at radius 1 is 1.14 bits per heavy atom. The third-order valence-electron chi connectivity index (χ3n) is 2.41. The number of hydrogen-bond acceptors (Lipinski definition) is 3. The summed E-state index contributed by atoms with van der Waals surface area (Å²) in [6.07, 6.45) is 1.81. The highest BCUT2D eigenvalue weighted by molar-refractivity contribution is 14.0. The van der Waals surface area contributed by atoms with Gasteiger partial charge < -0.3 is 14.5 Å². The molecule has 0 saturated heterocycles. The van der Waals surface area contributed by atoms with Crippen molar-refractivity contribution in [2.75, 3.05) is 28.2 Å². The van der Waals surface area contributed by atoms with Gasteiger partial charge in [-0.1, -0.05) is 6.07 Å². The number of hydrogen-bond donors (Lipinski definition) is 0. The predicted octanol–water partition coefficient (Wildman–Crippen LogP) is 2.86. The highest BCUT2D eigenvalue weighted by Gasteiger charge is 2.12. The predicted molar refractivity (Wildman–Crippen MR) is 98.5 cm³/mol. The van der Waals surface area contributed by atoms with Crippen molar-refractivity contribution >= 4 is 29.9 Å². The Labute approximate surface area is 145 Å². The second-order valence-corrected chi connectivity index (χ2v) is 6.12. The molecule has 0 radical (unpaired) electrons. The summed E-state index contributed by atoms with van der Waals surface area (Å²) in [5.74, 6) is 1.57. The Morgan fingerprint density at radius 2 is 1.71 bits per heavy atom.